The molecular formula is C36H49N2+. The third-order valence-electron chi connectivity index (χ3n) is 7.72. The molecule has 0 aliphatic rings. The van der Waals surface area contributed by atoms with E-state index in [1.165, 1.54) is 83.2 Å². The molecule has 0 saturated carbocycles. The Labute approximate surface area is 232 Å². The molecule has 3 aromatic carbocycles. The van der Waals surface area contributed by atoms with Gasteiger partial charge in [-0.1, -0.05) is 100 Å². The van der Waals surface area contributed by atoms with Crippen LogP contribution < -0.4 is 0 Å². The number of benzene rings is 3. The lowest BCUT2D eigenvalue weighted by Gasteiger charge is -2.11. The van der Waals surface area contributed by atoms with E-state index in [0.29, 0.717) is 0 Å². The summed E-state index contributed by atoms with van der Waals surface area (Å²) in [5, 5.41) is 5.16. The molecule has 3 rings (SSSR count). The van der Waals surface area contributed by atoms with Crippen LogP contribution >= 0.6 is 0 Å². The number of aryl methyl sites for hydroxylation is 3. The first kappa shape index (κ1) is 29.6. The maximum absolute atomic E-state index is 5.16. The summed E-state index contributed by atoms with van der Waals surface area (Å²) in [7, 11) is 0. The molecule has 38 heavy (non-hydrogen) atoms. The van der Waals surface area contributed by atoms with Crippen molar-refractivity contribution >= 4 is 11.8 Å². The Morgan fingerprint density at radius 1 is 0.789 bits per heavy atom. The van der Waals surface area contributed by atoms with E-state index in [9.17, 15) is 0 Å². The van der Waals surface area contributed by atoms with Gasteiger partial charge in [0.1, 0.15) is 5.69 Å². The van der Waals surface area contributed by atoms with E-state index < -0.39 is 0 Å². The van der Waals surface area contributed by atoms with Gasteiger partial charge in [0.05, 0.1) is 0 Å². The molecule has 202 valence electrons. The monoisotopic (exact) mass is 509 g/mol. The highest BCUT2D eigenvalue weighted by atomic mass is 15.3. The van der Waals surface area contributed by atoms with Crippen LogP contribution in [0, 0.1) is 13.8 Å². The van der Waals surface area contributed by atoms with Crippen molar-refractivity contribution in [1.82, 2.24) is 0 Å². The number of hydrogen-bond donors (Lipinski definition) is 0. The zero-order valence-corrected chi connectivity index (χ0v) is 24.8. The van der Waals surface area contributed by atoms with Crippen molar-refractivity contribution in [3.8, 4) is 11.1 Å². The number of azo groups is 2. The van der Waals surface area contributed by atoms with E-state index in [1.54, 1.807) is 0 Å². The standard InChI is InChI=1S/C36H49N2/c1-7-11-12-13-14-16-21-33-27-34(24-28(5)29(33)6)37-38(10-4)35(9-3)25-30-22-23-31(8-2)36(26-30)32-19-17-15-18-20-32/h15,17-20,22-27H,7-14,16,21H2,1-6H3/q+1. The van der Waals surface area contributed by atoms with Gasteiger partial charge in [0, 0.05) is 12.5 Å². The lowest BCUT2D eigenvalue weighted by Crippen LogP contribution is -2.08. The maximum atomic E-state index is 5.16. The van der Waals surface area contributed by atoms with Crippen molar-refractivity contribution in [2.75, 3.05) is 6.54 Å². The van der Waals surface area contributed by atoms with Gasteiger partial charge in [-0.3, -0.25) is 0 Å². The highest BCUT2D eigenvalue weighted by molar-refractivity contribution is 5.71. The van der Waals surface area contributed by atoms with Gasteiger partial charge >= 0.3 is 0 Å². The molecule has 0 unspecified atom stereocenters. The van der Waals surface area contributed by atoms with Gasteiger partial charge in [-0.25, -0.2) is 0 Å². The number of hydrogen-bond acceptors (Lipinski definition) is 1. The average Bonchev–Trinajstić information content (AvgIpc) is 2.95. The molecule has 0 radical (unpaired) electrons. The quantitative estimate of drug-likeness (QED) is 0.117. The summed E-state index contributed by atoms with van der Waals surface area (Å²) in [4.78, 5) is 0. The molecule has 0 heterocycles. The van der Waals surface area contributed by atoms with Crippen LogP contribution in [0.5, 0.6) is 0 Å². The van der Waals surface area contributed by atoms with Crippen molar-refractivity contribution in [3.05, 3.63) is 94.2 Å². The van der Waals surface area contributed by atoms with Crippen molar-refractivity contribution in [2.45, 2.75) is 99.3 Å². The summed E-state index contributed by atoms with van der Waals surface area (Å²) in [6.07, 6.45) is 13.4. The van der Waals surface area contributed by atoms with Crippen LogP contribution in [0.1, 0.15) is 100 Å². The number of unbranched alkanes of at least 4 members (excludes halogenated alkanes) is 5. The second kappa shape index (κ2) is 15.4. The van der Waals surface area contributed by atoms with E-state index in [-0.39, 0.29) is 0 Å². The van der Waals surface area contributed by atoms with Crippen molar-refractivity contribution < 1.29 is 4.70 Å². The highest BCUT2D eigenvalue weighted by Gasteiger charge is 2.15. The van der Waals surface area contributed by atoms with Gasteiger partial charge in [0.15, 0.2) is 6.54 Å². The normalized spacial score (nSPS) is 12.3. The molecular weight excluding hydrogens is 460 g/mol. The summed E-state index contributed by atoms with van der Waals surface area (Å²) in [6.45, 7) is 14.3. The first-order valence-corrected chi connectivity index (χ1v) is 15.0. The average molecular weight is 510 g/mol. The van der Waals surface area contributed by atoms with Gasteiger partial charge in [0.2, 0.25) is 5.70 Å². The van der Waals surface area contributed by atoms with Crippen LogP contribution in [-0.2, 0) is 12.8 Å². The Morgan fingerprint density at radius 2 is 1.53 bits per heavy atom. The van der Waals surface area contributed by atoms with Crippen LogP contribution in [0.4, 0.5) is 5.69 Å². The van der Waals surface area contributed by atoms with Crippen molar-refractivity contribution in [3.63, 3.8) is 0 Å². The molecule has 0 aromatic heterocycles. The first-order valence-electron chi connectivity index (χ1n) is 15.0. The minimum absolute atomic E-state index is 0.845. The maximum Gasteiger partial charge on any atom is 0.208 e. The SMILES string of the molecule is CCCCCCCCc1cc(N=[N+](CC)C(=Cc2ccc(CC)c(-c3ccccc3)c2)CC)cc(C)c1C. The molecule has 0 amide bonds. The second-order valence-corrected chi connectivity index (χ2v) is 10.5. The van der Waals surface area contributed by atoms with Crippen molar-refractivity contribution in [1.29, 1.82) is 0 Å². The Hall–Kier alpha value is -3.00. The topological polar surface area (TPSA) is 15.4 Å². The number of allylic oxidation sites excluding steroid dienone is 1. The Morgan fingerprint density at radius 3 is 2.21 bits per heavy atom. The van der Waals surface area contributed by atoms with Crippen LogP contribution in [0.25, 0.3) is 17.2 Å². The zero-order chi connectivity index (χ0) is 27.3. The van der Waals surface area contributed by atoms with Gasteiger partial charge in [-0.15, -0.1) is 0 Å². The largest absolute Gasteiger partial charge is 0.208 e. The molecule has 2 heteroatoms. The molecule has 0 fully saturated rings. The van der Waals surface area contributed by atoms with E-state index in [0.717, 1.165) is 31.5 Å². The molecule has 0 spiro atoms. The van der Waals surface area contributed by atoms with E-state index >= 15 is 0 Å². The molecule has 0 aliphatic carbocycles. The van der Waals surface area contributed by atoms with Gasteiger partial charge in [-0.05, 0) is 102 Å². The summed E-state index contributed by atoms with van der Waals surface area (Å²) >= 11 is 0. The van der Waals surface area contributed by atoms with E-state index in [1.807, 2.05) is 0 Å². The molecule has 0 N–H and O–H groups in total. The lowest BCUT2D eigenvalue weighted by molar-refractivity contribution is -0.539. The summed E-state index contributed by atoms with van der Waals surface area (Å²) in [5.41, 5.74) is 11.8. The molecule has 0 atom stereocenters. The van der Waals surface area contributed by atoms with Crippen LogP contribution in [0.3, 0.4) is 0 Å². The summed E-state index contributed by atoms with van der Waals surface area (Å²) < 4.78 is 2.19. The second-order valence-electron chi connectivity index (χ2n) is 10.5. The van der Waals surface area contributed by atoms with Crippen LogP contribution in [-0.4, -0.2) is 11.2 Å². The van der Waals surface area contributed by atoms with E-state index in [4.69, 9.17) is 5.11 Å². The van der Waals surface area contributed by atoms with Gasteiger partial charge < -0.3 is 0 Å². The third kappa shape index (κ3) is 8.25. The van der Waals surface area contributed by atoms with Crippen molar-refractivity contribution in [2.24, 2.45) is 5.11 Å². The minimum Gasteiger partial charge on any atom is -0.0882 e. The fraction of sp³-hybridized carbons (Fsp3) is 0.444. The van der Waals surface area contributed by atoms with Crippen LogP contribution in [0.15, 0.2) is 71.5 Å². The fourth-order valence-electron chi connectivity index (χ4n) is 5.23. The summed E-state index contributed by atoms with van der Waals surface area (Å²) in [5.74, 6) is 0. The Balaban J connectivity index is 1.88. The predicted octanol–water partition coefficient (Wildman–Crippen LogP) is 11.0. The van der Waals surface area contributed by atoms with Crippen LogP contribution in [0.2, 0.25) is 0 Å². The summed E-state index contributed by atoms with van der Waals surface area (Å²) in [6, 6.07) is 22.2. The molecule has 3 aromatic rings. The van der Waals surface area contributed by atoms with Gasteiger partial charge in [-0.2, -0.15) is 0 Å². The minimum atomic E-state index is 0.845. The number of rotatable bonds is 14. The first-order chi connectivity index (χ1) is 18.5. The number of nitrogens with zero attached hydrogens (tertiary/aromatic N) is 2. The Kier molecular flexibility index (Phi) is 12.0. The predicted molar refractivity (Wildman–Crippen MR) is 165 cm³/mol. The lowest BCUT2D eigenvalue weighted by atomic mass is 9.95. The molecule has 0 bridgehead atoms. The van der Waals surface area contributed by atoms with Gasteiger partial charge in [0.25, 0.3) is 0 Å². The third-order valence-corrected chi connectivity index (χ3v) is 7.72. The highest BCUT2D eigenvalue weighted by Crippen LogP contribution is 2.28. The van der Waals surface area contributed by atoms with E-state index in [2.05, 4.69) is 113 Å². The fourth-order valence-corrected chi connectivity index (χ4v) is 5.23. The molecule has 0 aliphatic heterocycles. The molecule has 0 saturated heterocycles. The molecule has 2 nitrogen and oxygen atoms in total. The smallest absolute Gasteiger partial charge is 0.0882 e. The zero-order valence-electron chi connectivity index (χ0n) is 24.8. The Bertz CT molecular complexity index is 1220.